The molecule has 0 amide bonds. The maximum Gasteiger partial charge on any atom is 0.311 e. The average molecular weight is 220 g/mol. The Morgan fingerprint density at radius 3 is 2.75 bits per heavy atom. The molecule has 16 heavy (non-hydrogen) atoms. The molecule has 0 radical (unpaired) electrons. The number of hydrogen-bond acceptors (Lipinski definition) is 3. The summed E-state index contributed by atoms with van der Waals surface area (Å²) in [5.74, 6) is 0.0756. The molecule has 1 fully saturated rings. The minimum Gasteiger partial charge on any atom is -0.481 e. The molecule has 2 rings (SSSR count). The van der Waals surface area contributed by atoms with Crippen molar-refractivity contribution in [3.8, 4) is 0 Å². The fourth-order valence-corrected chi connectivity index (χ4v) is 2.30. The molecule has 86 valence electrons. The first-order chi connectivity index (χ1) is 7.65. The minimum atomic E-state index is -0.872. The highest BCUT2D eigenvalue weighted by Crippen LogP contribution is 2.33. The van der Waals surface area contributed by atoms with Crippen LogP contribution in [-0.2, 0) is 11.2 Å². The van der Waals surface area contributed by atoms with E-state index in [9.17, 15) is 4.79 Å². The topological polar surface area (TPSA) is 63.1 Å². The van der Waals surface area contributed by atoms with Crippen molar-refractivity contribution in [3.05, 3.63) is 23.3 Å². The highest BCUT2D eigenvalue weighted by molar-refractivity contribution is 5.68. The molecule has 0 unspecified atom stereocenters. The molecule has 1 saturated carbocycles. The van der Waals surface area contributed by atoms with Gasteiger partial charge in [0, 0.05) is 17.3 Å². The normalized spacial score (nSPS) is 16.6. The van der Waals surface area contributed by atoms with Crippen molar-refractivity contribution in [2.75, 3.05) is 0 Å². The van der Waals surface area contributed by atoms with E-state index in [1.807, 2.05) is 13.0 Å². The molecule has 1 heterocycles. The number of aryl methyl sites for hydroxylation is 1. The summed E-state index contributed by atoms with van der Waals surface area (Å²) in [6.45, 7) is 1.89. The average Bonchev–Trinajstić information content (AvgIpc) is 2.67. The van der Waals surface area contributed by atoms with Crippen molar-refractivity contribution in [1.82, 2.24) is 9.97 Å². The predicted molar refractivity (Wildman–Crippen MR) is 59.3 cm³/mol. The fraction of sp³-hybridized carbons (Fsp3) is 0.583. The van der Waals surface area contributed by atoms with Gasteiger partial charge in [-0.15, -0.1) is 0 Å². The Bertz CT molecular complexity index is 398. The molecule has 1 aromatic rings. The Kier molecular flexibility index (Phi) is 3.17. The van der Waals surface area contributed by atoms with Crippen LogP contribution in [0.3, 0.4) is 0 Å². The van der Waals surface area contributed by atoms with E-state index in [0.29, 0.717) is 11.7 Å². The number of nitrogens with zero attached hydrogens (tertiary/aromatic N) is 2. The summed E-state index contributed by atoms with van der Waals surface area (Å²) in [5, 5.41) is 8.73. The van der Waals surface area contributed by atoms with Gasteiger partial charge in [0.1, 0.15) is 12.2 Å². The van der Waals surface area contributed by atoms with E-state index in [-0.39, 0.29) is 6.42 Å². The lowest BCUT2D eigenvalue weighted by Crippen LogP contribution is -2.09. The lowest BCUT2D eigenvalue weighted by molar-refractivity contribution is -0.136. The highest BCUT2D eigenvalue weighted by atomic mass is 16.4. The number of hydrogen-bond donors (Lipinski definition) is 1. The first-order valence-electron chi connectivity index (χ1n) is 5.71. The molecule has 4 heteroatoms. The van der Waals surface area contributed by atoms with Crippen molar-refractivity contribution in [1.29, 1.82) is 0 Å². The molecule has 0 atom stereocenters. The van der Waals surface area contributed by atoms with Crippen LogP contribution in [0.25, 0.3) is 0 Å². The molecule has 0 spiro atoms. The number of aliphatic carboxylic acids is 1. The highest BCUT2D eigenvalue weighted by Gasteiger charge is 2.19. The van der Waals surface area contributed by atoms with Gasteiger partial charge in [0.05, 0.1) is 0 Å². The Hall–Kier alpha value is -1.45. The summed E-state index contributed by atoms with van der Waals surface area (Å²) >= 11 is 0. The number of carbonyl (C=O) groups is 1. The summed E-state index contributed by atoms with van der Waals surface area (Å²) in [4.78, 5) is 19.1. The molecule has 0 aliphatic heterocycles. The van der Waals surface area contributed by atoms with Crippen LogP contribution in [0.5, 0.6) is 0 Å². The minimum absolute atomic E-state index is 0.0819. The molecule has 0 aromatic carbocycles. The zero-order chi connectivity index (χ0) is 11.5. The van der Waals surface area contributed by atoms with E-state index in [1.54, 1.807) is 0 Å². The Labute approximate surface area is 94.7 Å². The monoisotopic (exact) mass is 220 g/mol. The smallest absolute Gasteiger partial charge is 0.311 e. The number of aromatic nitrogens is 2. The van der Waals surface area contributed by atoms with E-state index < -0.39 is 5.97 Å². The second-order valence-electron chi connectivity index (χ2n) is 4.40. The summed E-state index contributed by atoms with van der Waals surface area (Å²) in [6, 6.07) is 1.99. The number of carboxylic acids is 1. The summed E-state index contributed by atoms with van der Waals surface area (Å²) in [5.41, 5.74) is 1.90. The van der Waals surface area contributed by atoms with Gasteiger partial charge < -0.3 is 5.11 Å². The van der Waals surface area contributed by atoms with Gasteiger partial charge in [-0.25, -0.2) is 9.97 Å². The summed E-state index contributed by atoms with van der Waals surface area (Å²) < 4.78 is 0. The molecular formula is C12H16N2O2. The zero-order valence-electron chi connectivity index (χ0n) is 9.44. The van der Waals surface area contributed by atoms with E-state index in [1.165, 1.54) is 25.7 Å². The molecule has 1 aliphatic carbocycles. The van der Waals surface area contributed by atoms with Gasteiger partial charge in [-0.2, -0.15) is 0 Å². The third-order valence-corrected chi connectivity index (χ3v) is 3.00. The van der Waals surface area contributed by atoms with Gasteiger partial charge in [0.25, 0.3) is 0 Å². The molecule has 0 saturated heterocycles. The Morgan fingerprint density at radius 2 is 2.12 bits per heavy atom. The van der Waals surface area contributed by atoms with Crippen LogP contribution in [0.4, 0.5) is 0 Å². The molecule has 1 aromatic heterocycles. The third kappa shape index (κ3) is 2.56. The molecule has 4 nitrogen and oxygen atoms in total. The second kappa shape index (κ2) is 4.60. The molecule has 0 bridgehead atoms. The largest absolute Gasteiger partial charge is 0.481 e. The van der Waals surface area contributed by atoms with Crippen molar-refractivity contribution >= 4 is 5.97 Å². The Morgan fingerprint density at radius 1 is 1.44 bits per heavy atom. The molecule has 1 aliphatic rings. The van der Waals surface area contributed by atoms with Crippen LogP contribution in [0, 0.1) is 6.92 Å². The van der Waals surface area contributed by atoms with Crippen LogP contribution in [-0.4, -0.2) is 21.0 Å². The van der Waals surface area contributed by atoms with Crippen molar-refractivity contribution in [2.24, 2.45) is 0 Å². The van der Waals surface area contributed by atoms with Gasteiger partial charge in [-0.1, -0.05) is 12.8 Å². The third-order valence-electron chi connectivity index (χ3n) is 3.00. The second-order valence-corrected chi connectivity index (χ2v) is 4.40. The van der Waals surface area contributed by atoms with E-state index >= 15 is 0 Å². The van der Waals surface area contributed by atoms with Gasteiger partial charge >= 0.3 is 5.97 Å². The Balaban J connectivity index is 2.24. The predicted octanol–water partition coefficient (Wildman–Crippen LogP) is 2.07. The van der Waals surface area contributed by atoms with Gasteiger partial charge in [-0.05, 0) is 25.8 Å². The van der Waals surface area contributed by atoms with Crippen LogP contribution in [0.1, 0.15) is 48.8 Å². The number of rotatable bonds is 3. The van der Waals surface area contributed by atoms with E-state index in [4.69, 9.17) is 5.11 Å². The van der Waals surface area contributed by atoms with Crippen LogP contribution < -0.4 is 0 Å². The zero-order valence-corrected chi connectivity index (χ0v) is 9.44. The van der Waals surface area contributed by atoms with E-state index in [2.05, 4.69) is 9.97 Å². The maximum atomic E-state index is 10.6. The SMILES string of the molecule is Cc1cc(C2CCCC2)nc(CC(=O)O)n1. The standard InChI is InChI=1S/C12H16N2O2/c1-8-6-10(9-4-2-3-5-9)14-11(13-8)7-12(15)16/h6,9H,2-5,7H2,1H3,(H,15,16). The van der Waals surface area contributed by atoms with Gasteiger partial charge in [0.2, 0.25) is 0 Å². The van der Waals surface area contributed by atoms with Crippen LogP contribution in [0.2, 0.25) is 0 Å². The maximum absolute atomic E-state index is 10.6. The van der Waals surface area contributed by atoms with Crippen molar-refractivity contribution in [2.45, 2.75) is 44.9 Å². The van der Waals surface area contributed by atoms with E-state index in [0.717, 1.165) is 11.4 Å². The molecule has 1 N–H and O–H groups in total. The van der Waals surface area contributed by atoms with Crippen LogP contribution in [0.15, 0.2) is 6.07 Å². The summed E-state index contributed by atoms with van der Waals surface area (Å²) in [6.07, 6.45) is 4.76. The summed E-state index contributed by atoms with van der Waals surface area (Å²) in [7, 11) is 0. The first-order valence-corrected chi connectivity index (χ1v) is 5.71. The van der Waals surface area contributed by atoms with Gasteiger partial charge in [-0.3, -0.25) is 4.79 Å². The van der Waals surface area contributed by atoms with Gasteiger partial charge in [0.15, 0.2) is 0 Å². The quantitative estimate of drug-likeness (QED) is 0.847. The van der Waals surface area contributed by atoms with Crippen LogP contribution >= 0.6 is 0 Å². The lowest BCUT2D eigenvalue weighted by atomic mass is 10.0. The lowest BCUT2D eigenvalue weighted by Gasteiger charge is -2.10. The van der Waals surface area contributed by atoms with Crippen molar-refractivity contribution < 1.29 is 9.90 Å². The fourth-order valence-electron chi connectivity index (χ4n) is 2.30. The number of carboxylic acid groups (broad SMARTS) is 1. The first kappa shape index (κ1) is 11.0. The van der Waals surface area contributed by atoms with Crippen molar-refractivity contribution in [3.63, 3.8) is 0 Å². The molecular weight excluding hydrogens is 204 g/mol.